The summed E-state index contributed by atoms with van der Waals surface area (Å²) in [5.74, 6) is -0.0142. The van der Waals surface area contributed by atoms with Gasteiger partial charge in [0.1, 0.15) is 11.2 Å². The lowest BCUT2D eigenvalue weighted by Crippen LogP contribution is -2.70. The molecule has 0 saturated carbocycles. The third kappa shape index (κ3) is 3.95. The van der Waals surface area contributed by atoms with E-state index in [-0.39, 0.29) is 18.7 Å². The van der Waals surface area contributed by atoms with Crippen LogP contribution in [-0.2, 0) is 14.3 Å². The molecule has 0 aromatic heterocycles. The van der Waals surface area contributed by atoms with Gasteiger partial charge in [0.05, 0.1) is 12.1 Å². The molecule has 2 rings (SSSR count). The van der Waals surface area contributed by atoms with E-state index in [0.29, 0.717) is 13.1 Å². The van der Waals surface area contributed by atoms with Crippen LogP contribution in [-0.4, -0.2) is 64.1 Å². The zero-order valence-electron chi connectivity index (χ0n) is 14.8. The van der Waals surface area contributed by atoms with Crippen LogP contribution in [0.5, 0.6) is 0 Å². The molecule has 1 spiro atoms. The lowest BCUT2D eigenvalue weighted by Gasteiger charge is -2.51. The number of Topliss-reactive ketones (excluding diaryl/α,β-unsaturated/α-hetero) is 1. The van der Waals surface area contributed by atoms with Crippen LogP contribution in [0, 0.1) is 0 Å². The molecular formula is C16H26N2O5. The minimum atomic E-state index is -0.643. The Hall–Kier alpha value is -1.79. The summed E-state index contributed by atoms with van der Waals surface area (Å²) >= 11 is 0. The van der Waals surface area contributed by atoms with Crippen LogP contribution in [0.15, 0.2) is 0 Å². The Kier molecular flexibility index (Phi) is 4.11. The molecule has 0 radical (unpaired) electrons. The molecule has 0 unspecified atom stereocenters. The summed E-state index contributed by atoms with van der Waals surface area (Å²) in [5.41, 5.74) is -1.84. The quantitative estimate of drug-likeness (QED) is 0.682. The zero-order valence-corrected chi connectivity index (χ0v) is 14.8. The van der Waals surface area contributed by atoms with Gasteiger partial charge in [-0.3, -0.25) is 9.69 Å². The summed E-state index contributed by atoms with van der Waals surface area (Å²) in [6.07, 6.45) is -0.676. The lowest BCUT2D eigenvalue weighted by atomic mass is 9.87. The minimum absolute atomic E-state index is 0.0142. The standard InChI is InChI=1S/C16H26N2O5/c1-14(2,3)22-12(20)17-9-16(10-17)7-11(19)8-18(16)13(21)23-15(4,5)6/h7-10H2,1-6H3. The molecule has 0 aromatic rings. The first kappa shape index (κ1) is 17.6. The van der Waals surface area contributed by atoms with Crippen LogP contribution >= 0.6 is 0 Å². The summed E-state index contributed by atoms with van der Waals surface area (Å²) < 4.78 is 10.7. The van der Waals surface area contributed by atoms with Crippen molar-refractivity contribution in [2.45, 2.75) is 64.7 Å². The third-order valence-corrected chi connectivity index (χ3v) is 3.67. The normalized spacial score (nSPS) is 20.5. The largest absolute Gasteiger partial charge is 0.444 e. The molecule has 0 atom stereocenters. The summed E-state index contributed by atoms with van der Waals surface area (Å²) in [6, 6.07) is 0. The number of ether oxygens (including phenoxy) is 2. The second kappa shape index (κ2) is 5.39. The first-order valence-electron chi connectivity index (χ1n) is 7.82. The molecule has 2 saturated heterocycles. The first-order valence-corrected chi connectivity index (χ1v) is 7.82. The van der Waals surface area contributed by atoms with Gasteiger partial charge in [-0.25, -0.2) is 9.59 Å². The van der Waals surface area contributed by atoms with Gasteiger partial charge in [-0.2, -0.15) is 0 Å². The molecule has 2 aliphatic rings. The average molecular weight is 326 g/mol. The van der Waals surface area contributed by atoms with Gasteiger partial charge in [-0.1, -0.05) is 0 Å². The van der Waals surface area contributed by atoms with Gasteiger partial charge >= 0.3 is 12.2 Å². The van der Waals surface area contributed by atoms with Gasteiger partial charge in [0, 0.05) is 19.5 Å². The van der Waals surface area contributed by atoms with Crippen molar-refractivity contribution in [2.75, 3.05) is 19.6 Å². The van der Waals surface area contributed by atoms with Gasteiger partial charge in [-0.15, -0.1) is 0 Å². The van der Waals surface area contributed by atoms with Gasteiger partial charge < -0.3 is 14.4 Å². The molecule has 0 bridgehead atoms. The maximum Gasteiger partial charge on any atom is 0.411 e. The molecule has 7 nitrogen and oxygen atoms in total. The molecule has 2 aliphatic heterocycles. The highest BCUT2D eigenvalue weighted by molar-refractivity contribution is 5.90. The van der Waals surface area contributed by atoms with Crippen LogP contribution < -0.4 is 0 Å². The molecule has 0 aromatic carbocycles. The Morgan fingerprint density at radius 1 is 0.957 bits per heavy atom. The van der Waals surface area contributed by atoms with Crippen molar-refractivity contribution in [1.82, 2.24) is 9.80 Å². The highest BCUT2D eigenvalue weighted by atomic mass is 16.6. The fraction of sp³-hybridized carbons (Fsp3) is 0.812. The maximum atomic E-state index is 12.3. The van der Waals surface area contributed by atoms with Crippen LogP contribution in [0.4, 0.5) is 9.59 Å². The molecule has 7 heteroatoms. The number of hydrogen-bond acceptors (Lipinski definition) is 5. The van der Waals surface area contributed by atoms with E-state index in [1.165, 1.54) is 9.80 Å². The molecular weight excluding hydrogens is 300 g/mol. The van der Waals surface area contributed by atoms with Crippen molar-refractivity contribution in [1.29, 1.82) is 0 Å². The fourth-order valence-electron chi connectivity index (χ4n) is 2.84. The zero-order chi connectivity index (χ0) is 17.6. The number of rotatable bonds is 0. The first-order chi connectivity index (χ1) is 10.3. The Labute approximate surface area is 136 Å². The third-order valence-electron chi connectivity index (χ3n) is 3.67. The van der Waals surface area contributed by atoms with Crippen molar-refractivity contribution in [2.24, 2.45) is 0 Å². The number of carbonyl (C=O) groups is 3. The van der Waals surface area contributed by atoms with Gasteiger partial charge in [0.2, 0.25) is 0 Å². The van der Waals surface area contributed by atoms with Gasteiger partial charge in [-0.05, 0) is 41.5 Å². The Morgan fingerprint density at radius 2 is 1.43 bits per heavy atom. The molecule has 2 heterocycles. The number of carbonyl (C=O) groups excluding carboxylic acids is 3. The van der Waals surface area contributed by atoms with E-state index in [9.17, 15) is 14.4 Å². The molecule has 2 amide bonds. The van der Waals surface area contributed by atoms with Crippen LogP contribution in [0.1, 0.15) is 48.0 Å². The number of amides is 2. The van der Waals surface area contributed by atoms with Crippen LogP contribution in [0.25, 0.3) is 0 Å². The maximum absolute atomic E-state index is 12.3. The van der Waals surface area contributed by atoms with Crippen molar-refractivity contribution < 1.29 is 23.9 Å². The molecule has 2 fully saturated rings. The smallest absolute Gasteiger partial charge is 0.411 e. The molecule has 130 valence electrons. The van der Waals surface area contributed by atoms with E-state index >= 15 is 0 Å². The van der Waals surface area contributed by atoms with E-state index in [1.54, 1.807) is 41.5 Å². The second-order valence-corrected chi connectivity index (χ2v) is 8.34. The van der Waals surface area contributed by atoms with Crippen LogP contribution in [0.3, 0.4) is 0 Å². The Bertz CT molecular complexity index is 524. The van der Waals surface area contributed by atoms with Crippen molar-refractivity contribution in [3.8, 4) is 0 Å². The fourth-order valence-corrected chi connectivity index (χ4v) is 2.84. The van der Waals surface area contributed by atoms with Gasteiger partial charge in [0.25, 0.3) is 0 Å². The van der Waals surface area contributed by atoms with E-state index in [4.69, 9.17) is 9.47 Å². The average Bonchev–Trinajstić information content (AvgIpc) is 2.60. The van der Waals surface area contributed by atoms with E-state index in [2.05, 4.69) is 0 Å². The van der Waals surface area contributed by atoms with Crippen LogP contribution in [0.2, 0.25) is 0 Å². The molecule has 0 N–H and O–H groups in total. The number of likely N-dealkylation sites (tertiary alicyclic amines) is 2. The number of nitrogens with zero attached hydrogens (tertiary/aromatic N) is 2. The second-order valence-electron chi connectivity index (χ2n) is 8.34. The van der Waals surface area contributed by atoms with Crippen molar-refractivity contribution in [3.63, 3.8) is 0 Å². The topological polar surface area (TPSA) is 76.2 Å². The highest BCUT2D eigenvalue weighted by Crippen LogP contribution is 2.37. The lowest BCUT2D eigenvalue weighted by molar-refractivity contribution is -0.117. The van der Waals surface area contributed by atoms with E-state index < -0.39 is 28.9 Å². The predicted molar refractivity (Wildman–Crippen MR) is 83.1 cm³/mol. The summed E-state index contributed by atoms with van der Waals surface area (Å²) in [7, 11) is 0. The predicted octanol–water partition coefficient (Wildman–Crippen LogP) is 2.19. The minimum Gasteiger partial charge on any atom is -0.444 e. The van der Waals surface area contributed by atoms with Crippen molar-refractivity contribution >= 4 is 18.0 Å². The molecule has 23 heavy (non-hydrogen) atoms. The van der Waals surface area contributed by atoms with E-state index in [0.717, 1.165) is 0 Å². The highest BCUT2D eigenvalue weighted by Gasteiger charge is 2.57. The number of ketones is 1. The Morgan fingerprint density at radius 3 is 1.91 bits per heavy atom. The summed E-state index contributed by atoms with van der Waals surface area (Å²) in [4.78, 5) is 39.2. The SMILES string of the molecule is CC(C)(C)OC(=O)N1CC2(CC(=O)CN2C(=O)OC(C)(C)C)C1. The molecule has 0 aliphatic carbocycles. The van der Waals surface area contributed by atoms with E-state index in [1.807, 2.05) is 0 Å². The van der Waals surface area contributed by atoms with Crippen molar-refractivity contribution in [3.05, 3.63) is 0 Å². The summed E-state index contributed by atoms with van der Waals surface area (Å²) in [6.45, 7) is 11.4. The monoisotopic (exact) mass is 326 g/mol. The Balaban J connectivity index is 2.03. The summed E-state index contributed by atoms with van der Waals surface area (Å²) in [5, 5.41) is 0. The number of hydrogen-bond donors (Lipinski definition) is 0. The van der Waals surface area contributed by atoms with Gasteiger partial charge in [0.15, 0.2) is 5.78 Å².